The van der Waals surface area contributed by atoms with Crippen molar-refractivity contribution in [2.75, 3.05) is 11.9 Å². The summed E-state index contributed by atoms with van der Waals surface area (Å²) in [6, 6.07) is 12.8. The van der Waals surface area contributed by atoms with Crippen LogP contribution >= 0.6 is 0 Å². The summed E-state index contributed by atoms with van der Waals surface area (Å²) >= 11 is 0. The van der Waals surface area contributed by atoms with E-state index in [0.29, 0.717) is 11.4 Å². The van der Waals surface area contributed by atoms with Crippen LogP contribution in [0.5, 0.6) is 0 Å². The lowest BCUT2D eigenvalue weighted by molar-refractivity contribution is -0.123. The van der Waals surface area contributed by atoms with Crippen LogP contribution in [-0.4, -0.2) is 32.9 Å². The zero-order valence-electron chi connectivity index (χ0n) is 18.5. The van der Waals surface area contributed by atoms with Gasteiger partial charge in [-0.15, -0.1) is 0 Å². The van der Waals surface area contributed by atoms with Gasteiger partial charge in [0, 0.05) is 5.69 Å². The first-order chi connectivity index (χ1) is 16.1. The molecule has 0 spiro atoms. The summed E-state index contributed by atoms with van der Waals surface area (Å²) in [5, 5.41) is 4.58. The highest BCUT2D eigenvalue weighted by Crippen LogP contribution is 2.14. The normalized spacial score (nSPS) is 11.0. The number of esters is 1. The third-order valence-electron chi connectivity index (χ3n) is 4.77. The number of carbonyl (C=O) groups is 3. The Balaban J connectivity index is 1.47. The van der Waals surface area contributed by atoms with E-state index < -0.39 is 34.5 Å². The molecule has 0 aliphatic heterocycles. The van der Waals surface area contributed by atoms with Crippen LogP contribution in [0.3, 0.4) is 0 Å². The number of nitrogens with one attached hydrogen (secondary N) is 3. The molecule has 10 nitrogen and oxygen atoms in total. The number of amides is 3. The number of furan rings is 1. The average Bonchev–Trinajstić information content (AvgIpc) is 3.32. The fourth-order valence-corrected chi connectivity index (χ4v) is 3.78. The van der Waals surface area contributed by atoms with Gasteiger partial charge in [-0.3, -0.25) is 10.1 Å². The average molecular weight is 486 g/mol. The fourth-order valence-electron chi connectivity index (χ4n) is 2.79. The van der Waals surface area contributed by atoms with Crippen molar-refractivity contribution in [2.45, 2.75) is 25.3 Å². The Morgan fingerprint density at radius 2 is 1.71 bits per heavy atom. The van der Waals surface area contributed by atoms with Gasteiger partial charge in [0.15, 0.2) is 6.61 Å². The predicted octanol–water partition coefficient (Wildman–Crippen LogP) is 2.88. The van der Waals surface area contributed by atoms with Crippen LogP contribution in [-0.2, 0) is 26.1 Å². The number of anilines is 1. The van der Waals surface area contributed by atoms with Crippen molar-refractivity contribution in [1.82, 2.24) is 10.0 Å². The van der Waals surface area contributed by atoms with Crippen molar-refractivity contribution < 1.29 is 32.0 Å². The van der Waals surface area contributed by atoms with Crippen molar-refractivity contribution >= 4 is 33.6 Å². The number of carbonyl (C=O) groups excluding carboxylic acids is 3. The van der Waals surface area contributed by atoms with Crippen molar-refractivity contribution in [3.63, 3.8) is 0 Å². The van der Waals surface area contributed by atoms with Gasteiger partial charge in [0.1, 0.15) is 5.76 Å². The summed E-state index contributed by atoms with van der Waals surface area (Å²) in [6.07, 6.45) is 1.43. The standard InChI is InChI=1S/C23H23N3O7S/c1-15-5-8-18(12-16(15)2)25-23(29)26-21(27)14-33-22(28)17-6-9-20(10-7-17)34(30,31)24-13-19-4-3-11-32-19/h3-12,24H,13-14H2,1-2H3,(H2,25,26,27,29). The van der Waals surface area contributed by atoms with E-state index in [4.69, 9.17) is 9.15 Å². The van der Waals surface area contributed by atoms with E-state index in [1.807, 2.05) is 19.9 Å². The van der Waals surface area contributed by atoms with Crippen LogP contribution in [0.25, 0.3) is 0 Å². The number of hydrogen-bond donors (Lipinski definition) is 3. The van der Waals surface area contributed by atoms with E-state index in [1.54, 1.807) is 24.3 Å². The van der Waals surface area contributed by atoms with Gasteiger partial charge in [0.05, 0.1) is 23.3 Å². The van der Waals surface area contributed by atoms with Gasteiger partial charge < -0.3 is 14.5 Å². The smallest absolute Gasteiger partial charge is 0.338 e. The first kappa shape index (κ1) is 24.7. The molecule has 178 valence electrons. The lowest BCUT2D eigenvalue weighted by Crippen LogP contribution is -2.37. The van der Waals surface area contributed by atoms with Gasteiger partial charge in [-0.25, -0.2) is 22.7 Å². The van der Waals surface area contributed by atoms with Crippen LogP contribution in [0.2, 0.25) is 0 Å². The molecule has 1 aromatic heterocycles. The predicted molar refractivity (Wildman–Crippen MR) is 123 cm³/mol. The highest BCUT2D eigenvalue weighted by molar-refractivity contribution is 7.89. The van der Waals surface area contributed by atoms with Crippen molar-refractivity contribution in [1.29, 1.82) is 0 Å². The third-order valence-corrected chi connectivity index (χ3v) is 6.19. The SMILES string of the molecule is Cc1ccc(NC(=O)NC(=O)COC(=O)c2ccc(S(=O)(=O)NCc3ccco3)cc2)cc1C. The topological polar surface area (TPSA) is 144 Å². The molecule has 0 aliphatic rings. The van der Waals surface area contributed by atoms with Crippen LogP contribution in [0, 0.1) is 13.8 Å². The molecule has 0 atom stereocenters. The number of hydrogen-bond acceptors (Lipinski definition) is 7. The Bertz CT molecular complexity index is 1280. The second kappa shape index (κ2) is 10.8. The number of aryl methyl sites for hydroxylation is 2. The monoisotopic (exact) mass is 485 g/mol. The zero-order valence-corrected chi connectivity index (χ0v) is 19.3. The second-order valence-electron chi connectivity index (χ2n) is 7.31. The Hall–Kier alpha value is -3.96. The van der Waals surface area contributed by atoms with Crippen LogP contribution in [0.4, 0.5) is 10.5 Å². The summed E-state index contributed by atoms with van der Waals surface area (Å²) in [4.78, 5) is 36.0. The maximum atomic E-state index is 12.3. The van der Waals surface area contributed by atoms with Gasteiger partial charge in [0.25, 0.3) is 5.91 Å². The first-order valence-corrected chi connectivity index (χ1v) is 11.6. The molecule has 0 saturated heterocycles. The Labute approximate surface area is 196 Å². The summed E-state index contributed by atoms with van der Waals surface area (Å²) in [5.41, 5.74) is 2.59. The molecule has 34 heavy (non-hydrogen) atoms. The Morgan fingerprint density at radius 3 is 2.35 bits per heavy atom. The Morgan fingerprint density at radius 1 is 0.971 bits per heavy atom. The minimum atomic E-state index is -3.82. The number of imide groups is 1. The third kappa shape index (κ3) is 6.77. The Kier molecular flexibility index (Phi) is 7.82. The second-order valence-corrected chi connectivity index (χ2v) is 9.07. The number of rotatable bonds is 8. The molecule has 0 bridgehead atoms. The van der Waals surface area contributed by atoms with E-state index in [1.165, 1.54) is 30.5 Å². The zero-order chi connectivity index (χ0) is 24.7. The molecule has 2 aromatic carbocycles. The molecular weight excluding hydrogens is 462 g/mol. The molecule has 0 saturated carbocycles. The van der Waals surface area contributed by atoms with Gasteiger partial charge in [-0.1, -0.05) is 6.07 Å². The van der Waals surface area contributed by atoms with E-state index in [0.717, 1.165) is 11.1 Å². The van der Waals surface area contributed by atoms with E-state index in [9.17, 15) is 22.8 Å². The summed E-state index contributed by atoms with van der Waals surface area (Å²) in [7, 11) is -3.82. The van der Waals surface area contributed by atoms with Gasteiger partial charge in [0.2, 0.25) is 10.0 Å². The summed E-state index contributed by atoms with van der Waals surface area (Å²) in [6.45, 7) is 3.11. The van der Waals surface area contributed by atoms with Crippen molar-refractivity contribution in [2.24, 2.45) is 0 Å². The number of urea groups is 1. The number of sulfonamides is 1. The lowest BCUT2D eigenvalue weighted by atomic mass is 10.1. The number of benzene rings is 2. The van der Waals surface area contributed by atoms with Gasteiger partial charge >= 0.3 is 12.0 Å². The molecule has 3 amide bonds. The molecule has 1 heterocycles. The fraction of sp³-hybridized carbons (Fsp3) is 0.174. The molecule has 11 heteroatoms. The molecule has 0 aliphatic carbocycles. The molecular formula is C23H23N3O7S. The van der Waals surface area contributed by atoms with Crippen molar-refractivity contribution in [3.05, 3.63) is 83.3 Å². The van der Waals surface area contributed by atoms with Crippen LogP contribution in [0.15, 0.2) is 70.2 Å². The molecule has 3 aromatic rings. The van der Waals surface area contributed by atoms with E-state index in [-0.39, 0.29) is 17.0 Å². The maximum Gasteiger partial charge on any atom is 0.338 e. The van der Waals surface area contributed by atoms with E-state index in [2.05, 4.69) is 15.4 Å². The molecule has 0 radical (unpaired) electrons. The quantitative estimate of drug-likeness (QED) is 0.416. The lowest BCUT2D eigenvalue weighted by Gasteiger charge is -2.09. The van der Waals surface area contributed by atoms with Crippen LogP contribution < -0.4 is 15.4 Å². The minimum Gasteiger partial charge on any atom is -0.468 e. The van der Waals surface area contributed by atoms with Crippen LogP contribution in [0.1, 0.15) is 27.2 Å². The minimum absolute atomic E-state index is 0.0225. The molecule has 0 fully saturated rings. The van der Waals surface area contributed by atoms with Crippen molar-refractivity contribution in [3.8, 4) is 0 Å². The highest BCUT2D eigenvalue weighted by Gasteiger charge is 2.17. The molecule has 0 unspecified atom stereocenters. The maximum absolute atomic E-state index is 12.3. The first-order valence-electron chi connectivity index (χ1n) is 10.1. The largest absolute Gasteiger partial charge is 0.468 e. The van der Waals surface area contributed by atoms with Gasteiger partial charge in [-0.05, 0) is 73.5 Å². The summed E-state index contributed by atoms with van der Waals surface area (Å²) in [5.74, 6) is -1.22. The molecule has 3 rings (SSSR count). The number of ether oxygens (including phenoxy) is 1. The highest BCUT2D eigenvalue weighted by atomic mass is 32.2. The summed E-state index contributed by atoms with van der Waals surface area (Å²) < 4.78 is 37.0. The molecule has 3 N–H and O–H groups in total. The van der Waals surface area contributed by atoms with E-state index >= 15 is 0 Å². The van der Waals surface area contributed by atoms with Gasteiger partial charge in [-0.2, -0.15) is 0 Å².